The van der Waals surface area contributed by atoms with Gasteiger partial charge in [-0.2, -0.15) is 5.10 Å². The first-order chi connectivity index (χ1) is 6.75. The molecule has 0 saturated heterocycles. The Bertz CT molecular complexity index is 368. The molecule has 3 rings (SSSR count). The normalized spacial score (nSPS) is 22.4. The first-order valence-electron chi connectivity index (χ1n) is 5.20. The number of fused-ring (bicyclic) bond motifs is 1. The first-order valence-corrected chi connectivity index (χ1v) is 5.99. The van der Waals surface area contributed by atoms with Crippen LogP contribution in [0.2, 0.25) is 0 Å². The van der Waals surface area contributed by atoms with Gasteiger partial charge in [0.1, 0.15) is 4.60 Å². The second-order valence-electron chi connectivity index (χ2n) is 4.38. The first kappa shape index (κ1) is 8.92. The highest BCUT2D eigenvalue weighted by molar-refractivity contribution is 9.10. The molecule has 0 spiro atoms. The van der Waals surface area contributed by atoms with Crippen LogP contribution in [0.15, 0.2) is 4.60 Å². The fraction of sp³-hybridized carbons (Fsp3) is 0.700. The molecule has 14 heavy (non-hydrogen) atoms. The summed E-state index contributed by atoms with van der Waals surface area (Å²) in [6, 6.07) is 0.681. The molecule has 1 aromatic rings. The topological polar surface area (TPSA) is 21.1 Å². The van der Waals surface area contributed by atoms with Gasteiger partial charge in [0, 0.05) is 18.7 Å². The van der Waals surface area contributed by atoms with Gasteiger partial charge in [-0.15, -0.1) is 0 Å². The number of aromatic nitrogens is 2. The van der Waals surface area contributed by atoms with E-state index in [2.05, 4.69) is 32.6 Å². The van der Waals surface area contributed by atoms with Crippen LogP contribution in [0.4, 0.5) is 0 Å². The average Bonchev–Trinajstić information content (AvgIpc) is 2.93. The summed E-state index contributed by atoms with van der Waals surface area (Å²) in [7, 11) is 2.16. The standard InChI is InChI=1S/C10H14BrN3/c1-13-5-4-8-9(6-13)12-14(10(8)11)7-2-3-7/h7H,2-6H2,1H3. The molecule has 76 valence electrons. The predicted molar refractivity (Wildman–Crippen MR) is 58.2 cm³/mol. The van der Waals surface area contributed by atoms with Crippen LogP contribution in [0, 0.1) is 0 Å². The fourth-order valence-corrected chi connectivity index (χ4v) is 2.86. The lowest BCUT2D eigenvalue weighted by molar-refractivity contribution is 0.308. The van der Waals surface area contributed by atoms with Gasteiger partial charge in [0.2, 0.25) is 0 Å². The Balaban J connectivity index is 2.01. The lowest BCUT2D eigenvalue weighted by Crippen LogP contribution is -2.26. The van der Waals surface area contributed by atoms with Gasteiger partial charge >= 0.3 is 0 Å². The van der Waals surface area contributed by atoms with Crippen LogP contribution >= 0.6 is 15.9 Å². The minimum atomic E-state index is 0.681. The third-order valence-corrected chi connectivity index (χ3v) is 3.92. The molecule has 2 aliphatic rings. The quantitative estimate of drug-likeness (QED) is 0.766. The Labute approximate surface area is 92.2 Å². The smallest absolute Gasteiger partial charge is 0.107 e. The molecule has 0 bridgehead atoms. The van der Waals surface area contributed by atoms with Gasteiger partial charge in [-0.25, -0.2) is 0 Å². The highest BCUT2D eigenvalue weighted by atomic mass is 79.9. The Morgan fingerprint density at radius 3 is 2.93 bits per heavy atom. The second-order valence-corrected chi connectivity index (χ2v) is 5.13. The molecule has 0 N–H and O–H groups in total. The van der Waals surface area contributed by atoms with E-state index in [-0.39, 0.29) is 0 Å². The summed E-state index contributed by atoms with van der Waals surface area (Å²) in [6.07, 6.45) is 3.74. The zero-order valence-corrected chi connectivity index (χ0v) is 9.92. The molecule has 1 aliphatic carbocycles. The van der Waals surface area contributed by atoms with Crippen molar-refractivity contribution in [2.75, 3.05) is 13.6 Å². The molecule has 4 heteroatoms. The maximum atomic E-state index is 4.69. The molecule has 1 fully saturated rings. The van der Waals surface area contributed by atoms with E-state index in [4.69, 9.17) is 5.10 Å². The number of likely N-dealkylation sites (N-methyl/N-ethyl adjacent to an activating group) is 1. The highest BCUT2D eigenvalue weighted by Gasteiger charge is 2.30. The van der Waals surface area contributed by atoms with E-state index in [0.29, 0.717) is 6.04 Å². The average molecular weight is 256 g/mol. The largest absolute Gasteiger partial charge is 0.300 e. The second kappa shape index (κ2) is 3.07. The molecule has 0 aromatic carbocycles. The maximum Gasteiger partial charge on any atom is 0.107 e. The number of hydrogen-bond acceptors (Lipinski definition) is 2. The van der Waals surface area contributed by atoms with Crippen LogP contribution in [0.1, 0.15) is 30.1 Å². The van der Waals surface area contributed by atoms with Crippen molar-refractivity contribution in [3.63, 3.8) is 0 Å². The van der Waals surface area contributed by atoms with E-state index in [9.17, 15) is 0 Å². The number of rotatable bonds is 1. The Morgan fingerprint density at radius 1 is 1.43 bits per heavy atom. The minimum absolute atomic E-state index is 0.681. The minimum Gasteiger partial charge on any atom is -0.300 e. The third-order valence-electron chi connectivity index (χ3n) is 3.08. The lowest BCUT2D eigenvalue weighted by atomic mass is 10.1. The van der Waals surface area contributed by atoms with Crippen molar-refractivity contribution in [3.05, 3.63) is 15.9 Å². The zero-order chi connectivity index (χ0) is 9.71. The predicted octanol–water partition coefficient (Wildman–Crippen LogP) is 1.97. The Hall–Kier alpha value is -0.350. The summed E-state index contributed by atoms with van der Waals surface area (Å²) in [5, 5.41) is 4.69. The monoisotopic (exact) mass is 255 g/mol. The van der Waals surface area contributed by atoms with Gasteiger partial charge in [0.25, 0.3) is 0 Å². The van der Waals surface area contributed by atoms with Gasteiger partial charge in [0.15, 0.2) is 0 Å². The van der Waals surface area contributed by atoms with Crippen molar-refractivity contribution in [2.24, 2.45) is 0 Å². The van der Waals surface area contributed by atoms with Crippen LogP contribution in [0.25, 0.3) is 0 Å². The van der Waals surface area contributed by atoms with Gasteiger partial charge in [-0.1, -0.05) is 0 Å². The molecule has 0 unspecified atom stereocenters. The van der Waals surface area contributed by atoms with Crippen LogP contribution in [-0.4, -0.2) is 28.3 Å². The van der Waals surface area contributed by atoms with E-state index >= 15 is 0 Å². The number of halogens is 1. The van der Waals surface area contributed by atoms with Crippen LogP contribution in [0.3, 0.4) is 0 Å². The van der Waals surface area contributed by atoms with Gasteiger partial charge in [-0.05, 0) is 42.2 Å². The summed E-state index contributed by atoms with van der Waals surface area (Å²) < 4.78 is 3.42. The molecular formula is C10H14BrN3. The van der Waals surface area contributed by atoms with Crippen LogP contribution < -0.4 is 0 Å². The van der Waals surface area contributed by atoms with Gasteiger partial charge in [-0.3, -0.25) is 4.68 Å². The van der Waals surface area contributed by atoms with Crippen molar-refractivity contribution < 1.29 is 0 Å². The molecule has 0 amide bonds. The SMILES string of the molecule is CN1CCc2c(nn(C3CC3)c2Br)C1. The molecule has 0 radical (unpaired) electrons. The molecule has 2 heterocycles. The molecule has 1 saturated carbocycles. The molecule has 3 nitrogen and oxygen atoms in total. The van der Waals surface area contributed by atoms with E-state index < -0.39 is 0 Å². The Morgan fingerprint density at radius 2 is 2.21 bits per heavy atom. The van der Waals surface area contributed by atoms with Crippen molar-refractivity contribution in [1.82, 2.24) is 14.7 Å². The fourth-order valence-electron chi connectivity index (χ4n) is 2.06. The van der Waals surface area contributed by atoms with Crippen LogP contribution in [0.5, 0.6) is 0 Å². The van der Waals surface area contributed by atoms with E-state index in [1.165, 1.54) is 28.7 Å². The molecule has 0 atom stereocenters. The number of nitrogens with zero attached hydrogens (tertiary/aromatic N) is 3. The van der Waals surface area contributed by atoms with E-state index in [0.717, 1.165) is 19.5 Å². The van der Waals surface area contributed by atoms with Crippen molar-refractivity contribution in [2.45, 2.75) is 31.8 Å². The van der Waals surface area contributed by atoms with Crippen molar-refractivity contribution >= 4 is 15.9 Å². The summed E-state index contributed by atoms with van der Waals surface area (Å²) in [5.41, 5.74) is 2.72. The lowest BCUT2D eigenvalue weighted by Gasteiger charge is -2.20. The third kappa shape index (κ3) is 1.32. The summed E-state index contributed by atoms with van der Waals surface area (Å²) in [6.45, 7) is 2.16. The molecular weight excluding hydrogens is 242 g/mol. The van der Waals surface area contributed by atoms with Gasteiger partial charge < -0.3 is 4.90 Å². The molecule has 1 aromatic heterocycles. The number of hydrogen-bond donors (Lipinski definition) is 0. The molecule has 1 aliphatic heterocycles. The van der Waals surface area contributed by atoms with Gasteiger partial charge in [0.05, 0.1) is 11.7 Å². The highest BCUT2D eigenvalue weighted by Crippen LogP contribution is 2.39. The summed E-state index contributed by atoms with van der Waals surface area (Å²) in [4.78, 5) is 2.33. The summed E-state index contributed by atoms with van der Waals surface area (Å²) >= 11 is 3.68. The maximum absolute atomic E-state index is 4.69. The van der Waals surface area contributed by atoms with Crippen molar-refractivity contribution in [3.8, 4) is 0 Å². The zero-order valence-electron chi connectivity index (χ0n) is 8.33. The summed E-state index contributed by atoms with van der Waals surface area (Å²) in [5.74, 6) is 0. The van der Waals surface area contributed by atoms with Crippen molar-refractivity contribution in [1.29, 1.82) is 0 Å². The Kier molecular flexibility index (Phi) is 1.96. The van der Waals surface area contributed by atoms with Crippen LogP contribution in [-0.2, 0) is 13.0 Å². The van der Waals surface area contributed by atoms with E-state index in [1.807, 2.05) is 0 Å². The van der Waals surface area contributed by atoms with E-state index in [1.54, 1.807) is 0 Å².